The lowest BCUT2D eigenvalue weighted by Crippen LogP contribution is -2.38. The second-order valence-corrected chi connectivity index (χ2v) is 5.73. The van der Waals surface area contributed by atoms with Crippen molar-refractivity contribution in [3.63, 3.8) is 0 Å². The zero-order chi connectivity index (χ0) is 14.4. The van der Waals surface area contributed by atoms with Crippen molar-refractivity contribution >= 4 is 34.9 Å². The summed E-state index contributed by atoms with van der Waals surface area (Å²) in [6.45, 7) is 2.10. The summed E-state index contributed by atoms with van der Waals surface area (Å²) in [6, 6.07) is 7.40. The zero-order valence-corrected chi connectivity index (χ0v) is 13.2. The molecular formula is C14H20N2OS2. The van der Waals surface area contributed by atoms with Crippen molar-refractivity contribution in [2.45, 2.75) is 19.4 Å². The van der Waals surface area contributed by atoms with Crippen molar-refractivity contribution in [2.24, 2.45) is 5.73 Å². The number of nitrogens with zero attached hydrogens (tertiary/aromatic N) is 1. The van der Waals surface area contributed by atoms with E-state index in [1.165, 1.54) is 0 Å². The van der Waals surface area contributed by atoms with E-state index in [2.05, 4.69) is 13.2 Å². The van der Waals surface area contributed by atoms with Gasteiger partial charge >= 0.3 is 0 Å². The summed E-state index contributed by atoms with van der Waals surface area (Å²) in [4.78, 5) is 14.5. The second kappa shape index (κ2) is 7.50. The highest BCUT2D eigenvalue weighted by Gasteiger charge is 2.19. The first-order valence-corrected chi connectivity index (χ1v) is 7.97. The first kappa shape index (κ1) is 16.0. The van der Waals surface area contributed by atoms with Gasteiger partial charge in [-0.3, -0.25) is 4.79 Å². The summed E-state index contributed by atoms with van der Waals surface area (Å²) in [5.74, 6) is 0.986. The summed E-state index contributed by atoms with van der Waals surface area (Å²) in [5, 5.41) is 0. The molecule has 1 rings (SSSR count). The van der Waals surface area contributed by atoms with E-state index in [1.807, 2.05) is 11.9 Å². The largest absolute Gasteiger partial charge is 0.389 e. The molecule has 5 heteroatoms. The van der Waals surface area contributed by atoms with Crippen LogP contribution in [-0.2, 0) is 0 Å². The van der Waals surface area contributed by atoms with Crippen LogP contribution >= 0.6 is 24.0 Å². The Morgan fingerprint density at radius 3 is 2.32 bits per heavy atom. The Balaban J connectivity index is 2.84. The van der Waals surface area contributed by atoms with Gasteiger partial charge < -0.3 is 10.6 Å². The van der Waals surface area contributed by atoms with Crippen molar-refractivity contribution in [1.29, 1.82) is 0 Å². The van der Waals surface area contributed by atoms with Crippen molar-refractivity contribution in [2.75, 3.05) is 19.1 Å². The van der Waals surface area contributed by atoms with E-state index in [-0.39, 0.29) is 11.9 Å². The minimum atomic E-state index is 0.0374. The fourth-order valence-electron chi connectivity index (χ4n) is 1.84. The molecule has 1 amide bonds. The molecular weight excluding hydrogens is 276 g/mol. The summed E-state index contributed by atoms with van der Waals surface area (Å²) < 4.78 is 0. The van der Waals surface area contributed by atoms with Crippen molar-refractivity contribution in [1.82, 2.24) is 4.90 Å². The quantitative estimate of drug-likeness (QED) is 0.820. The van der Waals surface area contributed by atoms with E-state index < -0.39 is 0 Å². The molecule has 1 aromatic carbocycles. The van der Waals surface area contributed by atoms with Crippen molar-refractivity contribution in [3.05, 3.63) is 35.4 Å². The van der Waals surface area contributed by atoms with Crippen molar-refractivity contribution < 1.29 is 4.79 Å². The molecule has 0 aliphatic rings. The van der Waals surface area contributed by atoms with Gasteiger partial charge in [0.25, 0.3) is 5.91 Å². The molecule has 0 bridgehead atoms. The number of nitrogens with two attached hydrogens (primary N) is 1. The van der Waals surface area contributed by atoms with E-state index in [4.69, 9.17) is 18.0 Å². The van der Waals surface area contributed by atoms with Crippen LogP contribution in [0.3, 0.4) is 0 Å². The molecule has 0 heterocycles. The highest BCUT2D eigenvalue weighted by molar-refractivity contribution is 7.98. The number of benzene rings is 1. The number of amides is 1. The molecule has 0 fully saturated rings. The first-order valence-electron chi connectivity index (χ1n) is 6.17. The number of rotatable bonds is 6. The molecule has 2 N–H and O–H groups in total. The average molecular weight is 296 g/mol. The molecule has 0 aromatic heterocycles. The van der Waals surface area contributed by atoms with E-state index in [1.54, 1.807) is 36.0 Å². The van der Waals surface area contributed by atoms with E-state index in [0.29, 0.717) is 10.6 Å². The van der Waals surface area contributed by atoms with Crippen molar-refractivity contribution in [3.8, 4) is 0 Å². The van der Waals surface area contributed by atoms with Gasteiger partial charge in [-0.25, -0.2) is 0 Å². The van der Waals surface area contributed by atoms with Crippen LogP contribution in [0.4, 0.5) is 0 Å². The van der Waals surface area contributed by atoms with E-state index in [0.717, 1.165) is 17.7 Å². The topological polar surface area (TPSA) is 46.3 Å². The molecule has 1 unspecified atom stereocenters. The predicted octanol–water partition coefficient (Wildman–Crippen LogP) is 2.53. The van der Waals surface area contributed by atoms with Gasteiger partial charge in [-0.2, -0.15) is 11.8 Å². The summed E-state index contributed by atoms with van der Waals surface area (Å²) >= 11 is 6.65. The van der Waals surface area contributed by atoms with E-state index >= 15 is 0 Å². The van der Waals surface area contributed by atoms with Gasteiger partial charge in [0.2, 0.25) is 0 Å². The zero-order valence-electron chi connectivity index (χ0n) is 11.6. The Kier molecular flexibility index (Phi) is 6.31. The van der Waals surface area contributed by atoms with E-state index in [9.17, 15) is 4.79 Å². The SMILES string of the molecule is CCC(CSC)N(C)C(=O)c1ccc(C(N)=S)cc1. The number of carbonyl (C=O) groups is 1. The maximum atomic E-state index is 12.4. The molecule has 1 aromatic rings. The summed E-state index contributed by atoms with van der Waals surface area (Å²) in [7, 11) is 1.86. The van der Waals surface area contributed by atoms with Crippen LogP contribution in [0, 0.1) is 0 Å². The standard InChI is InChI=1S/C14H20N2OS2/c1-4-12(9-19-3)16(2)14(17)11-7-5-10(6-8-11)13(15)18/h5-8,12H,4,9H2,1-3H3,(H2,15,18). The fraction of sp³-hybridized carbons (Fsp3) is 0.429. The van der Waals surface area contributed by atoms with Gasteiger partial charge in [-0.1, -0.05) is 31.3 Å². The Morgan fingerprint density at radius 1 is 1.37 bits per heavy atom. The Morgan fingerprint density at radius 2 is 1.89 bits per heavy atom. The lowest BCUT2D eigenvalue weighted by molar-refractivity contribution is 0.0743. The molecule has 0 saturated heterocycles. The fourth-order valence-corrected chi connectivity index (χ4v) is 2.82. The normalized spacial score (nSPS) is 11.9. The second-order valence-electron chi connectivity index (χ2n) is 4.38. The number of thioether (sulfide) groups is 1. The summed E-state index contributed by atoms with van der Waals surface area (Å²) in [5.41, 5.74) is 6.99. The highest BCUT2D eigenvalue weighted by Crippen LogP contribution is 2.13. The number of hydrogen-bond donors (Lipinski definition) is 1. The van der Waals surface area contributed by atoms with Gasteiger partial charge in [0.15, 0.2) is 0 Å². The Hall–Kier alpha value is -1.07. The molecule has 3 nitrogen and oxygen atoms in total. The van der Waals surface area contributed by atoms with Crippen LogP contribution in [0.5, 0.6) is 0 Å². The lowest BCUT2D eigenvalue weighted by atomic mass is 10.1. The Bertz CT molecular complexity index is 445. The number of thiocarbonyl (C=S) groups is 1. The van der Waals surface area contributed by atoms with Crippen LogP contribution in [0.1, 0.15) is 29.3 Å². The number of carbonyl (C=O) groups excluding carboxylic acids is 1. The smallest absolute Gasteiger partial charge is 0.253 e. The van der Waals surface area contributed by atoms with Crippen LogP contribution in [-0.4, -0.2) is 40.9 Å². The number of hydrogen-bond acceptors (Lipinski definition) is 3. The van der Waals surface area contributed by atoms with Crippen LogP contribution in [0.2, 0.25) is 0 Å². The third-order valence-electron chi connectivity index (χ3n) is 3.11. The van der Waals surface area contributed by atoms with Crippen LogP contribution < -0.4 is 5.73 Å². The molecule has 0 spiro atoms. The Labute approximate surface area is 124 Å². The minimum Gasteiger partial charge on any atom is -0.389 e. The van der Waals surface area contributed by atoms with Gasteiger partial charge in [0.05, 0.1) is 0 Å². The highest BCUT2D eigenvalue weighted by atomic mass is 32.2. The summed E-state index contributed by atoms with van der Waals surface area (Å²) in [6.07, 6.45) is 3.01. The predicted molar refractivity (Wildman–Crippen MR) is 86.9 cm³/mol. The third kappa shape index (κ3) is 4.21. The monoisotopic (exact) mass is 296 g/mol. The average Bonchev–Trinajstić information content (AvgIpc) is 2.43. The van der Waals surface area contributed by atoms with Gasteiger partial charge in [0.1, 0.15) is 4.99 Å². The molecule has 0 aliphatic heterocycles. The lowest BCUT2D eigenvalue weighted by Gasteiger charge is -2.26. The molecule has 1 atom stereocenters. The third-order valence-corrected chi connectivity index (χ3v) is 4.07. The van der Waals surface area contributed by atoms with Gasteiger partial charge in [-0.15, -0.1) is 0 Å². The van der Waals surface area contributed by atoms with Crippen LogP contribution in [0.15, 0.2) is 24.3 Å². The molecule has 104 valence electrons. The first-order chi connectivity index (χ1) is 9.01. The minimum absolute atomic E-state index is 0.0374. The van der Waals surface area contributed by atoms with Crippen LogP contribution in [0.25, 0.3) is 0 Å². The molecule has 0 radical (unpaired) electrons. The maximum Gasteiger partial charge on any atom is 0.253 e. The maximum absolute atomic E-state index is 12.4. The van der Waals surface area contributed by atoms with Gasteiger partial charge in [0, 0.05) is 30.0 Å². The molecule has 19 heavy (non-hydrogen) atoms. The van der Waals surface area contributed by atoms with Gasteiger partial charge in [-0.05, 0) is 24.8 Å². The molecule has 0 saturated carbocycles. The molecule has 0 aliphatic carbocycles.